The first-order valence-corrected chi connectivity index (χ1v) is 9.31. The van der Waals surface area contributed by atoms with E-state index < -0.39 is 11.9 Å². The number of fused-ring (bicyclic) bond motifs is 1. The van der Waals surface area contributed by atoms with E-state index in [-0.39, 0.29) is 42.6 Å². The summed E-state index contributed by atoms with van der Waals surface area (Å²) in [4.78, 5) is 32.5. The van der Waals surface area contributed by atoms with Crippen molar-refractivity contribution in [3.8, 4) is 0 Å². The minimum atomic E-state index is -0.553. The van der Waals surface area contributed by atoms with Crippen LogP contribution in [-0.4, -0.2) is 28.5 Å². The van der Waals surface area contributed by atoms with Crippen molar-refractivity contribution < 1.29 is 23.5 Å². The van der Waals surface area contributed by atoms with Gasteiger partial charge in [0, 0.05) is 4.47 Å². The van der Waals surface area contributed by atoms with Crippen LogP contribution in [-0.2, 0) is 27.3 Å². The van der Waals surface area contributed by atoms with Crippen molar-refractivity contribution in [2.45, 2.75) is 26.9 Å². The van der Waals surface area contributed by atoms with Gasteiger partial charge >= 0.3 is 11.9 Å². The number of nitrogen functional groups attached to an aromatic ring is 1. The highest BCUT2D eigenvalue weighted by Gasteiger charge is 2.24. The van der Waals surface area contributed by atoms with Crippen LogP contribution < -0.4 is 5.73 Å². The van der Waals surface area contributed by atoms with E-state index in [9.17, 15) is 9.59 Å². The van der Waals surface area contributed by atoms with Gasteiger partial charge in [0.25, 0.3) is 0 Å². The van der Waals surface area contributed by atoms with Crippen LogP contribution in [0.2, 0.25) is 0 Å². The zero-order valence-electron chi connectivity index (χ0n) is 15.3. The van der Waals surface area contributed by atoms with Gasteiger partial charge in [0.2, 0.25) is 5.71 Å². The Kier molecular flexibility index (Phi) is 5.93. The van der Waals surface area contributed by atoms with E-state index in [4.69, 9.17) is 19.6 Å². The maximum absolute atomic E-state index is 12.1. The van der Waals surface area contributed by atoms with Crippen LogP contribution in [0, 0.1) is 6.92 Å². The summed E-state index contributed by atoms with van der Waals surface area (Å²) in [6.45, 7) is 3.38. The van der Waals surface area contributed by atoms with Gasteiger partial charge < -0.3 is 19.6 Å². The molecule has 0 bridgehead atoms. The quantitative estimate of drug-likeness (QED) is 0.571. The minimum Gasteiger partial charge on any atom is -0.462 e. The van der Waals surface area contributed by atoms with Crippen molar-refractivity contribution in [1.29, 1.82) is 0 Å². The Morgan fingerprint density at radius 3 is 2.57 bits per heavy atom. The van der Waals surface area contributed by atoms with Gasteiger partial charge in [-0.25, -0.2) is 9.78 Å². The molecule has 0 radical (unpaired) electrons. The molecule has 0 aliphatic rings. The summed E-state index contributed by atoms with van der Waals surface area (Å²) in [6.07, 6.45) is 0.123. The summed E-state index contributed by atoms with van der Waals surface area (Å²) in [5.41, 5.74) is 7.16. The lowest BCUT2D eigenvalue weighted by atomic mass is 10.2. The number of ether oxygens (including phenoxy) is 2. The van der Waals surface area contributed by atoms with E-state index in [1.807, 2.05) is 24.3 Å². The van der Waals surface area contributed by atoms with Gasteiger partial charge in [-0.2, -0.15) is 4.98 Å². The number of nitrogens with two attached hydrogens (primary N) is 1. The van der Waals surface area contributed by atoms with Crippen LogP contribution in [0.5, 0.6) is 0 Å². The molecule has 0 unspecified atom stereocenters. The lowest BCUT2D eigenvalue weighted by Crippen LogP contribution is -2.11. The number of hydrogen-bond donors (Lipinski definition) is 1. The highest BCUT2D eigenvalue weighted by atomic mass is 79.9. The molecule has 3 aromatic rings. The van der Waals surface area contributed by atoms with Crippen LogP contribution in [0.25, 0.3) is 11.1 Å². The number of furan rings is 1. The number of anilines is 1. The first kappa shape index (κ1) is 19.8. The summed E-state index contributed by atoms with van der Waals surface area (Å²) in [5, 5.41) is 0.292. The first-order chi connectivity index (χ1) is 13.4. The molecule has 0 fully saturated rings. The maximum Gasteiger partial charge on any atom is 0.342 e. The standard InChI is InChI=1S/C19H18BrN3O5/c1-3-26-19(25)15-10(2)28-18-16(15)17(21)22-13(23-18)9-27-14(24)8-11-4-6-12(20)7-5-11/h4-7H,3,8-9H2,1-2H3,(H2,21,22,23). The van der Waals surface area contributed by atoms with Gasteiger partial charge in [-0.15, -0.1) is 0 Å². The number of rotatable bonds is 6. The van der Waals surface area contributed by atoms with Crippen molar-refractivity contribution in [3.63, 3.8) is 0 Å². The molecule has 0 aliphatic carbocycles. The Bertz CT molecular complexity index is 1030. The van der Waals surface area contributed by atoms with E-state index in [2.05, 4.69) is 25.9 Å². The molecule has 0 saturated carbocycles. The largest absolute Gasteiger partial charge is 0.462 e. The number of carbonyl (C=O) groups is 2. The zero-order chi connectivity index (χ0) is 20.3. The van der Waals surface area contributed by atoms with Crippen LogP contribution in [0.4, 0.5) is 5.82 Å². The minimum absolute atomic E-state index is 0.0591. The summed E-state index contributed by atoms with van der Waals surface area (Å²) >= 11 is 3.34. The molecule has 0 saturated heterocycles. The second kappa shape index (κ2) is 8.39. The average Bonchev–Trinajstić information content (AvgIpc) is 2.98. The Balaban J connectivity index is 1.74. The second-order valence-electron chi connectivity index (χ2n) is 5.92. The maximum atomic E-state index is 12.1. The molecule has 2 aromatic heterocycles. The molecular formula is C19H18BrN3O5. The van der Waals surface area contributed by atoms with E-state index in [1.165, 1.54) is 0 Å². The van der Waals surface area contributed by atoms with Crippen LogP contribution in [0.1, 0.15) is 34.4 Å². The third-order valence-corrected chi connectivity index (χ3v) is 4.43. The molecule has 146 valence electrons. The highest BCUT2D eigenvalue weighted by Crippen LogP contribution is 2.29. The molecule has 0 aliphatic heterocycles. The summed E-state index contributed by atoms with van der Waals surface area (Å²) in [5.74, 6) is -0.406. The lowest BCUT2D eigenvalue weighted by molar-refractivity contribution is -0.144. The molecule has 0 atom stereocenters. The second-order valence-corrected chi connectivity index (χ2v) is 6.84. The van der Waals surface area contributed by atoms with Crippen molar-refractivity contribution in [2.75, 3.05) is 12.3 Å². The number of hydrogen-bond acceptors (Lipinski definition) is 8. The third-order valence-electron chi connectivity index (χ3n) is 3.91. The fourth-order valence-electron chi connectivity index (χ4n) is 2.66. The third kappa shape index (κ3) is 4.30. The Morgan fingerprint density at radius 2 is 1.89 bits per heavy atom. The predicted molar refractivity (Wildman–Crippen MR) is 105 cm³/mol. The molecule has 8 nitrogen and oxygen atoms in total. The summed E-state index contributed by atoms with van der Waals surface area (Å²) in [7, 11) is 0. The summed E-state index contributed by atoms with van der Waals surface area (Å²) < 4.78 is 16.7. The summed E-state index contributed by atoms with van der Waals surface area (Å²) in [6, 6.07) is 7.35. The monoisotopic (exact) mass is 447 g/mol. The molecule has 0 amide bonds. The van der Waals surface area contributed by atoms with E-state index in [0.29, 0.717) is 11.1 Å². The predicted octanol–water partition coefficient (Wildman–Crippen LogP) is 3.34. The number of esters is 2. The van der Waals surface area contributed by atoms with Crippen LogP contribution in [0.3, 0.4) is 0 Å². The van der Waals surface area contributed by atoms with E-state index >= 15 is 0 Å². The Morgan fingerprint density at radius 1 is 1.18 bits per heavy atom. The molecular weight excluding hydrogens is 430 g/mol. The number of halogens is 1. The average molecular weight is 448 g/mol. The molecule has 2 heterocycles. The first-order valence-electron chi connectivity index (χ1n) is 8.51. The van der Waals surface area contributed by atoms with Crippen molar-refractivity contribution in [2.24, 2.45) is 0 Å². The fourth-order valence-corrected chi connectivity index (χ4v) is 2.93. The van der Waals surface area contributed by atoms with E-state index in [1.54, 1.807) is 13.8 Å². The van der Waals surface area contributed by atoms with Gasteiger partial charge in [-0.3, -0.25) is 4.79 Å². The zero-order valence-corrected chi connectivity index (χ0v) is 16.9. The van der Waals surface area contributed by atoms with Gasteiger partial charge in [0.1, 0.15) is 17.1 Å². The molecule has 3 rings (SSSR count). The normalized spacial score (nSPS) is 10.8. The topological polar surface area (TPSA) is 118 Å². The molecule has 1 aromatic carbocycles. The van der Waals surface area contributed by atoms with E-state index in [0.717, 1.165) is 10.0 Å². The fraction of sp³-hybridized carbons (Fsp3) is 0.263. The van der Waals surface area contributed by atoms with Gasteiger partial charge in [-0.05, 0) is 31.5 Å². The number of nitrogens with zero attached hydrogens (tertiary/aromatic N) is 2. The smallest absolute Gasteiger partial charge is 0.342 e. The highest BCUT2D eigenvalue weighted by molar-refractivity contribution is 9.10. The van der Waals surface area contributed by atoms with Crippen LogP contribution >= 0.6 is 15.9 Å². The van der Waals surface area contributed by atoms with Crippen molar-refractivity contribution in [3.05, 3.63) is 51.4 Å². The molecule has 9 heteroatoms. The van der Waals surface area contributed by atoms with Crippen LogP contribution in [0.15, 0.2) is 33.2 Å². The Labute approximate surface area is 169 Å². The molecule has 0 spiro atoms. The SMILES string of the molecule is CCOC(=O)c1c(C)oc2nc(COC(=O)Cc3ccc(Br)cc3)nc(N)c12. The van der Waals surface area contributed by atoms with Crippen molar-refractivity contribution in [1.82, 2.24) is 9.97 Å². The Hall–Kier alpha value is -2.94. The van der Waals surface area contributed by atoms with Gasteiger partial charge in [0.05, 0.1) is 18.4 Å². The number of aryl methyl sites for hydroxylation is 1. The molecule has 28 heavy (non-hydrogen) atoms. The van der Waals surface area contributed by atoms with Gasteiger partial charge in [0.15, 0.2) is 12.4 Å². The van der Waals surface area contributed by atoms with Crippen molar-refractivity contribution >= 4 is 44.8 Å². The lowest BCUT2D eigenvalue weighted by Gasteiger charge is -2.06. The number of carbonyl (C=O) groups excluding carboxylic acids is 2. The van der Waals surface area contributed by atoms with Gasteiger partial charge in [-0.1, -0.05) is 28.1 Å². The molecule has 2 N–H and O–H groups in total. The number of benzene rings is 1. The number of aromatic nitrogens is 2.